The molecule has 186 valence electrons. The number of hydrogen-bond donors (Lipinski definition) is 0. The van der Waals surface area contributed by atoms with Gasteiger partial charge in [0.15, 0.2) is 0 Å². The summed E-state index contributed by atoms with van der Waals surface area (Å²) in [6.07, 6.45) is 0. The highest BCUT2D eigenvalue weighted by molar-refractivity contribution is 14.1. The minimum atomic E-state index is -0.528. The molecule has 0 radical (unpaired) electrons. The van der Waals surface area contributed by atoms with Gasteiger partial charge in [0.05, 0.1) is 16.1 Å². The Bertz CT molecular complexity index is 508. The van der Waals surface area contributed by atoms with Crippen LogP contribution in [0.2, 0.25) is 0 Å². The van der Waals surface area contributed by atoms with Crippen LogP contribution in [0.15, 0.2) is 0 Å². The maximum atomic E-state index is 12.2. The molecular formula is C23H48IN2O2PS2. The van der Waals surface area contributed by atoms with E-state index in [0.29, 0.717) is 30.8 Å². The van der Waals surface area contributed by atoms with Crippen LogP contribution in [-0.2, 0) is 9.53 Å². The SMILES string of the molecule is CC(I)C(=O)SC(C)(C)COC(C)(C)CSP(N(C(C)C)C(C)C)N(C(C)C)C(C)C. The van der Waals surface area contributed by atoms with Gasteiger partial charge in [0.25, 0.3) is 0 Å². The molecule has 0 aliphatic heterocycles. The van der Waals surface area contributed by atoms with Gasteiger partial charge in [-0.3, -0.25) is 14.1 Å². The lowest BCUT2D eigenvalue weighted by molar-refractivity contribution is -0.110. The normalized spacial score (nSPS) is 14.9. The van der Waals surface area contributed by atoms with Crippen LogP contribution in [0.4, 0.5) is 0 Å². The summed E-state index contributed by atoms with van der Waals surface area (Å²) in [6, 6.07) is 1.94. The first-order valence-corrected chi connectivity index (χ1v) is 16.3. The van der Waals surface area contributed by atoms with E-state index in [1.165, 1.54) is 11.8 Å². The Morgan fingerprint density at radius 1 is 0.871 bits per heavy atom. The molecule has 0 aromatic heterocycles. The summed E-state index contributed by atoms with van der Waals surface area (Å²) >= 11 is 5.64. The Morgan fingerprint density at radius 3 is 1.58 bits per heavy atom. The average molecular weight is 607 g/mol. The first-order valence-electron chi connectivity index (χ1n) is 11.4. The molecular weight excluding hydrogens is 558 g/mol. The maximum absolute atomic E-state index is 12.2. The number of rotatable bonds is 14. The van der Waals surface area contributed by atoms with Crippen molar-refractivity contribution in [1.29, 1.82) is 0 Å². The molecule has 0 aromatic rings. The third-order valence-electron chi connectivity index (χ3n) is 4.55. The molecule has 0 saturated heterocycles. The summed E-state index contributed by atoms with van der Waals surface area (Å²) in [6.45, 7) is 29.5. The Labute approximate surface area is 216 Å². The van der Waals surface area contributed by atoms with Gasteiger partial charge < -0.3 is 4.74 Å². The maximum Gasteiger partial charge on any atom is 0.202 e. The zero-order valence-corrected chi connectivity index (χ0v) is 26.8. The molecule has 0 spiro atoms. The lowest BCUT2D eigenvalue weighted by Crippen LogP contribution is -2.42. The minimum absolute atomic E-state index is 0.0186. The van der Waals surface area contributed by atoms with Gasteiger partial charge in [0.2, 0.25) is 5.12 Å². The van der Waals surface area contributed by atoms with Crippen LogP contribution in [-0.4, -0.2) is 65.3 Å². The van der Waals surface area contributed by atoms with E-state index in [-0.39, 0.29) is 19.4 Å². The predicted octanol–water partition coefficient (Wildman–Crippen LogP) is 7.84. The van der Waals surface area contributed by atoms with Gasteiger partial charge in [-0.1, -0.05) is 45.7 Å². The Hall–Kier alpha value is 1.41. The smallest absolute Gasteiger partial charge is 0.202 e. The second kappa shape index (κ2) is 14.1. The third-order valence-corrected chi connectivity index (χ3v) is 12.7. The lowest BCUT2D eigenvalue weighted by Gasteiger charge is -2.47. The van der Waals surface area contributed by atoms with Crippen LogP contribution < -0.4 is 0 Å². The van der Waals surface area contributed by atoms with Crippen molar-refractivity contribution >= 4 is 58.3 Å². The fraction of sp³-hybridized carbons (Fsp3) is 0.957. The molecule has 0 heterocycles. The van der Waals surface area contributed by atoms with Gasteiger partial charge in [-0.25, -0.2) is 0 Å². The van der Waals surface area contributed by atoms with Crippen LogP contribution in [0.5, 0.6) is 0 Å². The van der Waals surface area contributed by atoms with Gasteiger partial charge in [-0.15, -0.1) is 0 Å². The van der Waals surface area contributed by atoms with Crippen molar-refractivity contribution in [2.75, 3.05) is 12.4 Å². The molecule has 0 aromatic carbocycles. The van der Waals surface area contributed by atoms with Crippen molar-refractivity contribution in [3.05, 3.63) is 0 Å². The summed E-state index contributed by atoms with van der Waals surface area (Å²) < 4.78 is 11.5. The fourth-order valence-corrected chi connectivity index (χ4v) is 11.4. The number of carbonyl (C=O) groups is 1. The van der Waals surface area contributed by atoms with Crippen molar-refractivity contribution in [3.8, 4) is 0 Å². The van der Waals surface area contributed by atoms with Crippen molar-refractivity contribution in [2.45, 2.75) is 128 Å². The van der Waals surface area contributed by atoms with E-state index < -0.39 is 7.42 Å². The van der Waals surface area contributed by atoms with Crippen molar-refractivity contribution in [3.63, 3.8) is 0 Å². The molecule has 1 atom stereocenters. The molecule has 0 bridgehead atoms. The molecule has 8 heteroatoms. The molecule has 4 nitrogen and oxygen atoms in total. The molecule has 0 aliphatic rings. The summed E-state index contributed by atoms with van der Waals surface area (Å²) in [7, 11) is -0.528. The zero-order chi connectivity index (χ0) is 24.7. The number of carbonyl (C=O) groups excluding carboxylic acids is 1. The van der Waals surface area contributed by atoms with E-state index in [2.05, 4.69) is 115 Å². The van der Waals surface area contributed by atoms with E-state index in [1.54, 1.807) is 0 Å². The number of thioether (sulfide) groups is 1. The van der Waals surface area contributed by atoms with Crippen LogP contribution in [0.1, 0.15) is 90.0 Å². The molecule has 0 saturated carbocycles. The Kier molecular flexibility index (Phi) is 14.7. The average Bonchev–Trinajstić information content (AvgIpc) is 2.56. The van der Waals surface area contributed by atoms with Crippen LogP contribution in [0.3, 0.4) is 0 Å². The molecule has 0 N–H and O–H groups in total. The van der Waals surface area contributed by atoms with Crippen LogP contribution in [0.25, 0.3) is 0 Å². The predicted molar refractivity (Wildman–Crippen MR) is 154 cm³/mol. The first kappa shape index (κ1) is 32.4. The lowest BCUT2D eigenvalue weighted by atomic mass is 10.1. The summed E-state index contributed by atoms with van der Waals surface area (Å²) in [5.41, 5.74) is -0.263. The van der Waals surface area contributed by atoms with Gasteiger partial charge in [-0.2, -0.15) is 0 Å². The van der Waals surface area contributed by atoms with E-state index in [0.717, 1.165) is 5.75 Å². The number of hydrogen-bond acceptors (Lipinski definition) is 6. The van der Waals surface area contributed by atoms with E-state index in [9.17, 15) is 4.79 Å². The van der Waals surface area contributed by atoms with Crippen molar-refractivity contribution < 1.29 is 9.53 Å². The topological polar surface area (TPSA) is 32.8 Å². The summed E-state index contributed by atoms with van der Waals surface area (Å²) in [5.74, 6) is 0.919. The van der Waals surface area contributed by atoms with E-state index >= 15 is 0 Å². The second-order valence-corrected chi connectivity index (χ2v) is 17.8. The standard InChI is InChI=1S/C23H48IN2O2PS2/c1-16(2)25(17(3)4)29(26(18(5)6)19(7)8)30-15-22(10,11)28-14-23(12,13)31-21(27)20(9)24/h16-20H,14-15H2,1-13H3. The fourth-order valence-electron chi connectivity index (χ4n) is 3.24. The Morgan fingerprint density at radius 2 is 1.26 bits per heavy atom. The largest absolute Gasteiger partial charge is 0.373 e. The van der Waals surface area contributed by atoms with Crippen molar-refractivity contribution in [1.82, 2.24) is 9.34 Å². The highest BCUT2D eigenvalue weighted by Crippen LogP contribution is 2.60. The van der Waals surface area contributed by atoms with E-state index in [1.807, 2.05) is 18.3 Å². The molecule has 0 aliphatic carbocycles. The highest BCUT2D eigenvalue weighted by atomic mass is 127. The molecule has 0 fully saturated rings. The number of nitrogens with zero attached hydrogens (tertiary/aromatic N) is 2. The number of alkyl halides is 1. The van der Waals surface area contributed by atoms with Gasteiger partial charge in [0.1, 0.15) is 7.42 Å². The number of halogens is 1. The third kappa shape index (κ3) is 12.1. The summed E-state index contributed by atoms with van der Waals surface area (Å²) in [5, 5.41) is 0.221. The van der Waals surface area contributed by atoms with Crippen molar-refractivity contribution in [2.24, 2.45) is 0 Å². The summed E-state index contributed by atoms with van der Waals surface area (Å²) in [4.78, 5) is 12.2. The number of ether oxygens (including phenoxy) is 1. The van der Waals surface area contributed by atoms with Gasteiger partial charge >= 0.3 is 0 Å². The monoisotopic (exact) mass is 606 g/mol. The highest BCUT2D eigenvalue weighted by Gasteiger charge is 2.36. The van der Waals surface area contributed by atoms with Gasteiger partial charge in [-0.05, 0) is 90.0 Å². The Balaban J connectivity index is 5.39. The first-order chi connectivity index (χ1) is 13.9. The van der Waals surface area contributed by atoms with Gasteiger partial charge in [0, 0.05) is 34.7 Å². The zero-order valence-electron chi connectivity index (χ0n) is 22.2. The van der Waals surface area contributed by atoms with E-state index in [4.69, 9.17) is 4.74 Å². The molecule has 31 heavy (non-hydrogen) atoms. The minimum Gasteiger partial charge on any atom is -0.373 e. The molecule has 0 amide bonds. The molecule has 0 rings (SSSR count). The quantitative estimate of drug-likeness (QED) is 0.114. The van der Waals surface area contributed by atoms with Crippen LogP contribution in [0, 0.1) is 0 Å². The van der Waals surface area contributed by atoms with Crippen LogP contribution >= 0.6 is 53.2 Å². The molecule has 1 unspecified atom stereocenters. The second-order valence-electron chi connectivity index (χ2n) is 10.5.